The second-order valence-electron chi connectivity index (χ2n) is 4.35. The van der Waals surface area contributed by atoms with Gasteiger partial charge >= 0.3 is 0 Å². The van der Waals surface area contributed by atoms with Crippen molar-refractivity contribution in [3.8, 4) is 0 Å². The van der Waals surface area contributed by atoms with Crippen molar-refractivity contribution in [3.63, 3.8) is 0 Å². The second-order valence-corrected chi connectivity index (χ2v) is 4.35. The van der Waals surface area contributed by atoms with E-state index in [1.54, 1.807) is 10.9 Å². The zero-order valence-electron chi connectivity index (χ0n) is 9.47. The Morgan fingerprint density at radius 3 is 3.06 bits per heavy atom. The van der Waals surface area contributed by atoms with E-state index in [0.717, 1.165) is 31.4 Å². The van der Waals surface area contributed by atoms with Gasteiger partial charge in [0.05, 0.1) is 12.3 Å². The zero-order valence-corrected chi connectivity index (χ0v) is 9.47. The van der Waals surface area contributed by atoms with E-state index >= 15 is 0 Å². The summed E-state index contributed by atoms with van der Waals surface area (Å²) in [7, 11) is 0. The summed E-state index contributed by atoms with van der Waals surface area (Å²) in [5, 5.41) is 17.3. The van der Waals surface area contributed by atoms with Crippen molar-refractivity contribution in [1.29, 1.82) is 0 Å². The number of nitrogens with one attached hydrogen (secondary N) is 1. The Labute approximate surface area is 96.0 Å². The molecule has 2 atom stereocenters. The molecule has 1 aromatic heterocycles. The summed E-state index contributed by atoms with van der Waals surface area (Å²) in [6.45, 7) is 4.41. The molecule has 1 aromatic rings. The van der Waals surface area contributed by atoms with Gasteiger partial charge in [0, 0.05) is 30.5 Å². The van der Waals surface area contributed by atoms with Crippen molar-refractivity contribution >= 4 is 6.20 Å². The summed E-state index contributed by atoms with van der Waals surface area (Å²) >= 11 is 0. The fourth-order valence-corrected chi connectivity index (χ4v) is 2.17. The zero-order chi connectivity index (χ0) is 11.4. The Morgan fingerprint density at radius 1 is 1.56 bits per heavy atom. The largest absolute Gasteiger partial charge is 0.392 e. The molecule has 0 radical (unpaired) electrons. The van der Waals surface area contributed by atoms with Gasteiger partial charge in [-0.15, -0.1) is 0 Å². The highest BCUT2D eigenvalue weighted by Crippen LogP contribution is 2.18. The third-order valence-electron chi connectivity index (χ3n) is 3.14. The first-order valence-corrected chi connectivity index (χ1v) is 5.86. The Balaban J connectivity index is 1.83. The van der Waals surface area contributed by atoms with E-state index in [-0.39, 0.29) is 12.1 Å². The van der Waals surface area contributed by atoms with Crippen molar-refractivity contribution in [2.75, 3.05) is 0 Å². The molecule has 2 rings (SSSR count). The van der Waals surface area contributed by atoms with Gasteiger partial charge < -0.3 is 10.4 Å². The van der Waals surface area contributed by atoms with E-state index in [4.69, 9.17) is 0 Å². The molecule has 1 heterocycles. The van der Waals surface area contributed by atoms with Gasteiger partial charge in [0.15, 0.2) is 0 Å². The van der Waals surface area contributed by atoms with Crippen LogP contribution in [0.25, 0.3) is 6.20 Å². The third kappa shape index (κ3) is 2.71. The summed E-state index contributed by atoms with van der Waals surface area (Å²) < 4.78 is 1.69. The number of hydrogen-bond acceptors (Lipinski definition) is 3. The van der Waals surface area contributed by atoms with E-state index in [9.17, 15) is 5.11 Å². The lowest BCUT2D eigenvalue weighted by Crippen LogP contribution is -2.41. The van der Waals surface area contributed by atoms with Crippen LogP contribution < -0.4 is 5.32 Å². The van der Waals surface area contributed by atoms with Crippen LogP contribution in [0.4, 0.5) is 0 Å². The molecule has 0 bridgehead atoms. The van der Waals surface area contributed by atoms with Gasteiger partial charge in [0.2, 0.25) is 0 Å². The fourth-order valence-electron chi connectivity index (χ4n) is 2.17. The summed E-state index contributed by atoms with van der Waals surface area (Å²) in [5.41, 5.74) is 1.12. The van der Waals surface area contributed by atoms with Crippen LogP contribution >= 0.6 is 0 Å². The molecule has 0 amide bonds. The van der Waals surface area contributed by atoms with Gasteiger partial charge in [-0.05, 0) is 12.8 Å². The molecule has 16 heavy (non-hydrogen) atoms. The minimum absolute atomic E-state index is 0.191. The van der Waals surface area contributed by atoms with Crippen LogP contribution in [-0.4, -0.2) is 27.0 Å². The lowest BCUT2D eigenvalue weighted by atomic mass is 9.92. The van der Waals surface area contributed by atoms with Crippen molar-refractivity contribution < 1.29 is 5.11 Å². The van der Waals surface area contributed by atoms with Crippen molar-refractivity contribution in [2.24, 2.45) is 0 Å². The average Bonchev–Trinajstić information content (AvgIpc) is 2.76. The molecule has 0 unspecified atom stereocenters. The number of aromatic nitrogens is 2. The maximum Gasteiger partial charge on any atom is 0.0693 e. The maximum atomic E-state index is 9.80. The molecule has 4 heteroatoms. The minimum Gasteiger partial charge on any atom is -0.392 e. The molecule has 2 N–H and O–H groups in total. The highest BCUT2D eigenvalue weighted by molar-refractivity contribution is 5.17. The van der Waals surface area contributed by atoms with Crippen LogP contribution in [-0.2, 0) is 6.54 Å². The summed E-state index contributed by atoms with van der Waals surface area (Å²) in [6.07, 6.45) is 9.58. The Kier molecular flexibility index (Phi) is 3.74. The van der Waals surface area contributed by atoms with E-state index in [1.165, 1.54) is 6.42 Å². The van der Waals surface area contributed by atoms with Crippen LogP contribution in [0.3, 0.4) is 0 Å². The molecule has 4 nitrogen and oxygen atoms in total. The van der Waals surface area contributed by atoms with Crippen LogP contribution in [0.5, 0.6) is 0 Å². The normalized spacial score (nSPS) is 25.6. The first-order valence-electron chi connectivity index (χ1n) is 5.86. The van der Waals surface area contributed by atoms with Gasteiger partial charge in [-0.2, -0.15) is 5.10 Å². The first-order chi connectivity index (χ1) is 7.79. The Hall–Kier alpha value is -1.13. The SMILES string of the molecule is C=Cn1cc(CN[C@H]2CCCC[C@@H]2O)cn1. The Morgan fingerprint density at radius 2 is 2.38 bits per heavy atom. The maximum absolute atomic E-state index is 9.80. The molecular formula is C12H19N3O. The predicted octanol–water partition coefficient (Wildman–Crippen LogP) is 1.38. The lowest BCUT2D eigenvalue weighted by molar-refractivity contribution is 0.0902. The third-order valence-corrected chi connectivity index (χ3v) is 3.14. The van der Waals surface area contributed by atoms with E-state index in [2.05, 4.69) is 17.0 Å². The average molecular weight is 221 g/mol. The fraction of sp³-hybridized carbons (Fsp3) is 0.583. The number of aliphatic hydroxyl groups excluding tert-OH is 1. The van der Waals surface area contributed by atoms with Gasteiger partial charge in [-0.1, -0.05) is 19.4 Å². The number of nitrogens with zero attached hydrogens (tertiary/aromatic N) is 2. The van der Waals surface area contributed by atoms with Crippen molar-refractivity contribution in [1.82, 2.24) is 15.1 Å². The van der Waals surface area contributed by atoms with Crippen LogP contribution in [0.1, 0.15) is 31.2 Å². The monoisotopic (exact) mass is 221 g/mol. The van der Waals surface area contributed by atoms with Crippen molar-refractivity contribution in [2.45, 2.75) is 44.4 Å². The molecule has 0 spiro atoms. The summed E-state index contributed by atoms with van der Waals surface area (Å²) in [4.78, 5) is 0. The number of rotatable bonds is 4. The topological polar surface area (TPSA) is 50.1 Å². The van der Waals surface area contributed by atoms with Crippen molar-refractivity contribution in [3.05, 3.63) is 24.5 Å². The van der Waals surface area contributed by atoms with Crippen LogP contribution in [0.2, 0.25) is 0 Å². The summed E-state index contributed by atoms with van der Waals surface area (Å²) in [6, 6.07) is 0.237. The molecule has 0 aromatic carbocycles. The van der Waals surface area contributed by atoms with E-state index in [0.29, 0.717) is 0 Å². The molecule has 0 aliphatic heterocycles. The lowest BCUT2D eigenvalue weighted by Gasteiger charge is -2.28. The Bertz CT molecular complexity index is 348. The van der Waals surface area contributed by atoms with Gasteiger partial charge in [0.1, 0.15) is 0 Å². The highest BCUT2D eigenvalue weighted by Gasteiger charge is 2.22. The quantitative estimate of drug-likeness (QED) is 0.807. The number of hydrogen-bond donors (Lipinski definition) is 2. The molecule has 1 fully saturated rings. The molecule has 88 valence electrons. The molecule has 0 saturated heterocycles. The highest BCUT2D eigenvalue weighted by atomic mass is 16.3. The van der Waals surface area contributed by atoms with Gasteiger partial charge in [-0.3, -0.25) is 0 Å². The smallest absolute Gasteiger partial charge is 0.0693 e. The first kappa shape index (κ1) is 11.4. The van der Waals surface area contributed by atoms with Crippen LogP contribution in [0.15, 0.2) is 19.0 Å². The molecule has 1 aliphatic rings. The van der Waals surface area contributed by atoms with Gasteiger partial charge in [0.25, 0.3) is 0 Å². The molecule has 1 aliphatic carbocycles. The standard InChI is InChI=1S/C12H19N3O/c1-2-15-9-10(8-14-15)7-13-11-5-3-4-6-12(11)16/h2,8-9,11-13,16H,1,3-7H2/t11-,12-/m0/s1. The molecular weight excluding hydrogens is 202 g/mol. The van der Waals surface area contributed by atoms with Gasteiger partial charge in [-0.25, -0.2) is 4.68 Å². The number of aliphatic hydroxyl groups is 1. The second kappa shape index (κ2) is 5.27. The molecule has 1 saturated carbocycles. The van der Waals surface area contributed by atoms with Crippen LogP contribution in [0, 0.1) is 0 Å². The van der Waals surface area contributed by atoms with E-state index in [1.807, 2.05) is 12.4 Å². The van der Waals surface area contributed by atoms with E-state index < -0.39 is 0 Å². The summed E-state index contributed by atoms with van der Waals surface area (Å²) in [5.74, 6) is 0. The minimum atomic E-state index is -0.191. The predicted molar refractivity (Wildman–Crippen MR) is 63.7 cm³/mol.